The van der Waals surface area contributed by atoms with E-state index < -0.39 is 6.10 Å². The van der Waals surface area contributed by atoms with E-state index in [9.17, 15) is 5.11 Å². The lowest BCUT2D eigenvalue weighted by atomic mass is 10.1. The first kappa shape index (κ1) is 24.5. The minimum atomic E-state index is -0.657. The molecular formula is C23H34IN3O3. The standard InChI is InChI=1S/C23H33N3O3.HI/c1-17(2)29-21-11-9-18(10-12-21)22(27)16-25-23(26-19-6-3-4-7-19)24-14-13-20-8-5-15-28-20;/h5,8-12,15,17,19,22,27H,3-4,6-7,13-14,16H2,1-2H3,(H2,24,25,26);1H. The molecule has 1 atom stereocenters. The van der Waals surface area contributed by atoms with Crippen molar-refractivity contribution in [1.82, 2.24) is 10.6 Å². The summed E-state index contributed by atoms with van der Waals surface area (Å²) in [4.78, 5) is 4.64. The lowest BCUT2D eigenvalue weighted by Gasteiger charge is -2.18. The Morgan fingerprint density at radius 3 is 2.57 bits per heavy atom. The number of hydrogen-bond donors (Lipinski definition) is 3. The van der Waals surface area contributed by atoms with Crippen LogP contribution in [-0.4, -0.2) is 36.3 Å². The predicted molar refractivity (Wildman–Crippen MR) is 131 cm³/mol. The van der Waals surface area contributed by atoms with E-state index in [0.717, 1.165) is 36.0 Å². The van der Waals surface area contributed by atoms with Crippen molar-refractivity contribution >= 4 is 29.9 Å². The molecule has 7 heteroatoms. The number of hydrogen-bond acceptors (Lipinski definition) is 4. The zero-order valence-electron chi connectivity index (χ0n) is 17.8. The first-order chi connectivity index (χ1) is 14.1. The highest BCUT2D eigenvalue weighted by atomic mass is 127. The Morgan fingerprint density at radius 1 is 1.20 bits per heavy atom. The largest absolute Gasteiger partial charge is 0.491 e. The summed E-state index contributed by atoms with van der Waals surface area (Å²) in [6.45, 7) is 5.01. The number of benzene rings is 1. The van der Waals surface area contributed by atoms with Crippen LogP contribution in [0.15, 0.2) is 52.1 Å². The van der Waals surface area contributed by atoms with Crippen LogP contribution in [0.4, 0.5) is 0 Å². The molecule has 0 bridgehead atoms. The van der Waals surface area contributed by atoms with Crippen LogP contribution < -0.4 is 15.4 Å². The molecule has 1 heterocycles. The molecule has 30 heavy (non-hydrogen) atoms. The van der Waals surface area contributed by atoms with Gasteiger partial charge in [0.15, 0.2) is 5.96 Å². The molecule has 3 N–H and O–H groups in total. The van der Waals surface area contributed by atoms with Crippen molar-refractivity contribution in [1.29, 1.82) is 0 Å². The Hall–Kier alpha value is -1.74. The number of nitrogens with one attached hydrogen (secondary N) is 2. The summed E-state index contributed by atoms with van der Waals surface area (Å²) >= 11 is 0. The molecule has 1 aromatic heterocycles. The number of nitrogens with zero attached hydrogens (tertiary/aromatic N) is 1. The van der Waals surface area contributed by atoms with E-state index in [-0.39, 0.29) is 30.1 Å². The summed E-state index contributed by atoms with van der Waals surface area (Å²) in [5.74, 6) is 2.51. The van der Waals surface area contributed by atoms with Crippen molar-refractivity contribution in [2.24, 2.45) is 4.99 Å². The summed E-state index contributed by atoms with van der Waals surface area (Å²) in [5.41, 5.74) is 0.834. The number of halogens is 1. The van der Waals surface area contributed by atoms with E-state index in [4.69, 9.17) is 9.15 Å². The number of aliphatic hydroxyl groups is 1. The third-order valence-corrected chi connectivity index (χ3v) is 5.00. The first-order valence-corrected chi connectivity index (χ1v) is 10.6. The number of rotatable bonds is 9. The van der Waals surface area contributed by atoms with Gasteiger partial charge in [-0.05, 0) is 56.5 Å². The van der Waals surface area contributed by atoms with Crippen molar-refractivity contribution in [3.8, 4) is 5.75 Å². The van der Waals surface area contributed by atoms with Crippen LogP contribution in [0.1, 0.15) is 57.0 Å². The van der Waals surface area contributed by atoms with Gasteiger partial charge in [-0.2, -0.15) is 0 Å². The average Bonchev–Trinajstić information content (AvgIpc) is 3.40. The van der Waals surface area contributed by atoms with E-state index in [0.29, 0.717) is 12.6 Å². The second-order valence-corrected chi connectivity index (χ2v) is 7.82. The zero-order valence-corrected chi connectivity index (χ0v) is 20.2. The van der Waals surface area contributed by atoms with E-state index in [1.165, 1.54) is 25.7 Å². The van der Waals surface area contributed by atoms with Gasteiger partial charge in [-0.25, -0.2) is 0 Å². The third kappa shape index (κ3) is 8.18. The summed E-state index contributed by atoms with van der Waals surface area (Å²) in [7, 11) is 0. The van der Waals surface area contributed by atoms with E-state index in [2.05, 4.69) is 15.6 Å². The van der Waals surface area contributed by atoms with Gasteiger partial charge in [0.2, 0.25) is 0 Å². The van der Waals surface area contributed by atoms with Gasteiger partial charge in [0.1, 0.15) is 11.5 Å². The van der Waals surface area contributed by atoms with Gasteiger partial charge in [0.25, 0.3) is 0 Å². The van der Waals surface area contributed by atoms with Crippen LogP contribution in [0.2, 0.25) is 0 Å². The van der Waals surface area contributed by atoms with Gasteiger partial charge in [0.05, 0.1) is 25.0 Å². The Labute approximate surface area is 196 Å². The van der Waals surface area contributed by atoms with Crippen molar-refractivity contribution in [2.45, 2.75) is 64.2 Å². The summed E-state index contributed by atoms with van der Waals surface area (Å²) in [5, 5.41) is 17.4. The SMILES string of the molecule is CC(C)Oc1ccc(C(O)CN=C(NCCc2ccco2)NC2CCCC2)cc1.I. The van der Waals surface area contributed by atoms with Gasteiger partial charge in [-0.3, -0.25) is 4.99 Å². The van der Waals surface area contributed by atoms with Crippen molar-refractivity contribution < 1.29 is 14.3 Å². The second kappa shape index (κ2) is 12.8. The molecule has 166 valence electrons. The first-order valence-electron chi connectivity index (χ1n) is 10.6. The highest BCUT2D eigenvalue weighted by molar-refractivity contribution is 14.0. The average molecular weight is 527 g/mol. The summed E-state index contributed by atoms with van der Waals surface area (Å²) in [6, 6.07) is 11.9. The third-order valence-electron chi connectivity index (χ3n) is 5.00. The molecule has 1 aromatic carbocycles. The zero-order chi connectivity index (χ0) is 20.5. The quantitative estimate of drug-likeness (QED) is 0.255. The monoisotopic (exact) mass is 527 g/mol. The van der Waals surface area contributed by atoms with Crippen molar-refractivity contribution in [3.63, 3.8) is 0 Å². The lowest BCUT2D eigenvalue weighted by Crippen LogP contribution is -2.43. The molecule has 1 saturated carbocycles. The molecule has 0 aliphatic heterocycles. The predicted octanol–water partition coefficient (Wildman–Crippen LogP) is 4.44. The summed E-state index contributed by atoms with van der Waals surface area (Å²) < 4.78 is 11.0. The molecule has 0 spiro atoms. The van der Waals surface area contributed by atoms with Gasteiger partial charge >= 0.3 is 0 Å². The van der Waals surface area contributed by atoms with Crippen molar-refractivity contribution in [3.05, 3.63) is 54.0 Å². The molecule has 1 aliphatic rings. The van der Waals surface area contributed by atoms with Gasteiger partial charge in [0, 0.05) is 19.0 Å². The van der Waals surface area contributed by atoms with Gasteiger partial charge in [-0.1, -0.05) is 25.0 Å². The van der Waals surface area contributed by atoms with E-state index in [1.807, 2.05) is 50.2 Å². The second-order valence-electron chi connectivity index (χ2n) is 7.82. The fourth-order valence-corrected chi connectivity index (χ4v) is 3.50. The Kier molecular flexibility index (Phi) is 10.5. The smallest absolute Gasteiger partial charge is 0.191 e. The molecule has 0 radical (unpaired) electrons. The van der Waals surface area contributed by atoms with Crippen LogP contribution in [-0.2, 0) is 6.42 Å². The highest BCUT2D eigenvalue weighted by Gasteiger charge is 2.16. The number of furan rings is 1. The Bertz CT molecular complexity index is 742. The molecule has 3 rings (SSSR count). The maximum atomic E-state index is 10.6. The molecule has 1 unspecified atom stereocenters. The normalized spacial score (nSPS) is 15.7. The number of guanidine groups is 1. The maximum Gasteiger partial charge on any atom is 0.191 e. The lowest BCUT2D eigenvalue weighted by molar-refractivity contribution is 0.186. The number of aliphatic imine (C=N–C) groups is 1. The minimum Gasteiger partial charge on any atom is -0.491 e. The topological polar surface area (TPSA) is 79.0 Å². The fraction of sp³-hybridized carbons (Fsp3) is 0.522. The van der Waals surface area contributed by atoms with Gasteiger partial charge in [-0.15, -0.1) is 24.0 Å². The number of ether oxygens (including phenoxy) is 1. The van der Waals surface area contributed by atoms with Crippen LogP contribution in [0, 0.1) is 0 Å². The number of aliphatic hydroxyl groups excluding tert-OH is 1. The Morgan fingerprint density at radius 2 is 1.93 bits per heavy atom. The maximum absolute atomic E-state index is 10.6. The van der Waals surface area contributed by atoms with Crippen LogP contribution in [0.3, 0.4) is 0 Å². The Balaban J connectivity index is 0.00000320. The van der Waals surface area contributed by atoms with Crippen LogP contribution >= 0.6 is 24.0 Å². The van der Waals surface area contributed by atoms with E-state index in [1.54, 1.807) is 6.26 Å². The summed E-state index contributed by atoms with van der Waals surface area (Å²) in [6.07, 6.45) is 6.79. The molecular weight excluding hydrogens is 493 g/mol. The highest BCUT2D eigenvalue weighted by Crippen LogP contribution is 2.20. The minimum absolute atomic E-state index is 0. The van der Waals surface area contributed by atoms with Crippen LogP contribution in [0.5, 0.6) is 5.75 Å². The van der Waals surface area contributed by atoms with Crippen LogP contribution in [0.25, 0.3) is 0 Å². The fourth-order valence-electron chi connectivity index (χ4n) is 3.50. The molecule has 2 aromatic rings. The molecule has 1 fully saturated rings. The molecule has 6 nitrogen and oxygen atoms in total. The van der Waals surface area contributed by atoms with Gasteiger partial charge < -0.3 is 24.9 Å². The molecule has 0 amide bonds. The van der Waals surface area contributed by atoms with Crippen molar-refractivity contribution in [2.75, 3.05) is 13.1 Å². The van der Waals surface area contributed by atoms with E-state index >= 15 is 0 Å². The molecule has 1 aliphatic carbocycles. The molecule has 0 saturated heterocycles.